The molecule has 1 aromatic heterocycles. The maximum absolute atomic E-state index is 14.1. The van der Waals surface area contributed by atoms with E-state index in [2.05, 4.69) is 4.98 Å². The van der Waals surface area contributed by atoms with Crippen LogP contribution in [0.5, 0.6) is 0 Å². The Morgan fingerprint density at radius 2 is 1.67 bits per heavy atom. The molecular weight excluding hydrogens is 360 g/mol. The topological polar surface area (TPSA) is 60.2 Å². The van der Waals surface area contributed by atoms with Crippen LogP contribution in [0.25, 0.3) is 22.6 Å². The Labute approximate surface area is 141 Å². The van der Waals surface area contributed by atoms with Gasteiger partial charge in [-0.3, -0.25) is 0 Å². The van der Waals surface area contributed by atoms with Crippen LogP contribution in [0.2, 0.25) is 0 Å². The summed E-state index contributed by atoms with van der Waals surface area (Å²) in [5, 5.41) is 0. The molecule has 0 aliphatic carbocycles. The Balaban J connectivity index is 2.14. The Bertz CT molecular complexity index is 1010. The zero-order chi connectivity index (χ0) is 17.5. The molecule has 0 N–H and O–H groups in total. The fourth-order valence-corrected chi connectivity index (χ4v) is 3.16. The van der Waals surface area contributed by atoms with Crippen molar-refractivity contribution in [2.24, 2.45) is 0 Å². The minimum absolute atomic E-state index is 0.247. The largest absolute Gasteiger partial charge is 0.440 e. The quantitative estimate of drug-likeness (QED) is 0.637. The average Bonchev–Trinajstić information content (AvgIpc) is 2.88. The first-order valence-corrected chi connectivity index (χ1v) is 9.04. The van der Waals surface area contributed by atoms with Crippen LogP contribution in [0.1, 0.15) is 5.89 Å². The maximum Gasteiger partial charge on any atom is 0.264 e. The lowest BCUT2D eigenvalue weighted by atomic mass is 10.1. The molecule has 0 amide bonds. The van der Waals surface area contributed by atoms with Gasteiger partial charge in [-0.1, -0.05) is 0 Å². The van der Waals surface area contributed by atoms with Crippen LogP contribution in [-0.2, 0) is 9.05 Å². The molecule has 3 rings (SSSR count). The molecule has 3 aromatic rings. The van der Waals surface area contributed by atoms with Gasteiger partial charge < -0.3 is 4.42 Å². The number of hydrogen-bond acceptors (Lipinski definition) is 4. The van der Waals surface area contributed by atoms with Crippen molar-refractivity contribution in [3.8, 4) is 22.6 Å². The molecule has 0 radical (unpaired) electrons. The molecule has 0 fully saturated rings. The Hall–Kier alpha value is -2.25. The van der Waals surface area contributed by atoms with E-state index in [1.54, 1.807) is 6.92 Å². The molecule has 4 nitrogen and oxygen atoms in total. The summed E-state index contributed by atoms with van der Waals surface area (Å²) in [6, 6.07) is 9.00. The average molecular weight is 370 g/mol. The van der Waals surface area contributed by atoms with Crippen molar-refractivity contribution in [2.45, 2.75) is 11.8 Å². The molecule has 0 spiro atoms. The number of halogens is 3. The fourth-order valence-electron chi connectivity index (χ4n) is 2.27. The first kappa shape index (κ1) is 16.6. The van der Waals surface area contributed by atoms with Crippen molar-refractivity contribution in [3.63, 3.8) is 0 Å². The highest BCUT2D eigenvalue weighted by Gasteiger charge is 2.20. The van der Waals surface area contributed by atoms with Crippen molar-refractivity contribution in [3.05, 3.63) is 60.0 Å². The lowest BCUT2D eigenvalue weighted by molar-refractivity contribution is 0.532. The molecular formula is C16H10ClF2NO3S. The Morgan fingerprint density at radius 1 is 1.04 bits per heavy atom. The summed E-state index contributed by atoms with van der Waals surface area (Å²) in [6.07, 6.45) is 0. The number of rotatable bonds is 3. The standard InChI is InChI=1S/C16H10ClF2NO3S/c1-9-20-15(10-2-5-12(18)6-3-10)16(23-9)11-4-7-14(13(19)8-11)24(17,21)22/h2-8H,1H3. The summed E-state index contributed by atoms with van der Waals surface area (Å²) in [7, 11) is 0.984. The fraction of sp³-hybridized carbons (Fsp3) is 0.0625. The van der Waals surface area contributed by atoms with Crippen LogP contribution in [0.4, 0.5) is 8.78 Å². The summed E-state index contributed by atoms with van der Waals surface area (Å²) in [4.78, 5) is 3.61. The van der Waals surface area contributed by atoms with E-state index in [-0.39, 0.29) is 11.3 Å². The van der Waals surface area contributed by atoms with Gasteiger partial charge in [0.05, 0.1) is 0 Å². The van der Waals surface area contributed by atoms with E-state index in [1.807, 2.05) is 0 Å². The van der Waals surface area contributed by atoms with Crippen molar-refractivity contribution >= 4 is 19.7 Å². The van der Waals surface area contributed by atoms with Crippen LogP contribution in [0.3, 0.4) is 0 Å². The van der Waals surface area contributed by atoms with Gasteiger partial charge in [0.1, 0.15) is 22.2 Å². The lowest BCUT2D eigenvalue weighted by Gasteiger charge is -2.04. The molecule has 0 atom stereocenters. The van der Waals surface area contributed by atoms with Crippen LogP contribution in [-0.4, -0.2) is 13.4 Å². The van der Waals surface area contributed by atoms with Gasteiger partial charge in [0, 0.05) is 28.7 Å². The lowest BCUT2D eigenvalue weighted by Crippen LogP contribution is -1.95. The van der Waals surface area contributed by atoms with E-state index >= 15 is 0 Å². The third-order valence-electron chi connectivity index (χ3n) is 3.31. The van der Waals surface area contributed by atoms with Gasteiger partial charge in [0.25, 0.3) is 9.05 Å². The highest BCUT2D eigenvalue weighted by molar-refractivity contribution is 8.13. The van der Waals surface area contributed by atoms with E-state index in [1.165, 1.54) is 30.3 Å². The first-order chi connectivity index (χ1) is 11.3. The summed E-state index contributed by atoms with van der Waals surface area (Å²) in [5.74, 6) is -0.819. The number of oxazole rings is 1. The zero-order valence-corrected chi connectivity index (χ0v) is 13.8. The third kappa shape index (κ3) is 3.18. The minimum atomic E-state index is -4.18. The van der Waals surface area contributed by atoms with E-state index in [4.69, 9.17) is 15.1 Å². The summed E-state index contributed by atoms with van der Waals surface area (Å²) in [5.41, 5.74) is 1.27. The molecule has 0 saturated carbocycles. The Morgan fingerprint density at radius 3 is 2.25 bits per heavy atom. The Kier molecular flexibility index (Phi) is 4.15. The number of aryl methyl sites for hydroxylation is 1. The first-order valence-electron chi connectivity index (χ1n) is 6.73. The highest BCUT2D eigenvalue weighted by atomic mass is 35.7. The van der Waals surface area contributed by atoms with Crippen molar-refractivity contribution < 1.29 is 21.6 Å². The van der Waals surface area contributed by atoms with Gasteiger partial charge in [-0.15, -0.1) is 0 Å². The van der Waals surface area contributed by atoms with E-state index in [9.17, 15) is 17.2 Å². The second-order valence-electron chi connectivity index (χ2n) is 5.00. The molecule has 0 bridgehead atoms. The molecule has 0 aliphatic rings. The second kappa shape index (κ2) is 5.99. The van der Waals surface area contributed by atoms with E-state index in [0.717, 1.165) is 12.1 Å². The monoisotopic (exact) mass is 369 g/mol. The molecule has 0 unspecified atom stereocenters. The van der Waals surface area contributed by atoms with Gasteiger partial charge in [0.15, 0.2) is 11.7 Å². The van der Waals surface area contributed by atoms with Gasteiger partial charge in [-0.05, 0) is 42.5 Å². The van der Waals surface area contributed by atoms with Gasteiger partial charge in [-0.2, -0.15) is 0 Å². The predicted molar refractivity (Wildman–Crippen MR) is 85.1 cm³/mol. The zero-order valence-electron chi connectivity index (χ0n) is 12.3. The van der Waals surface area contributed by atoms with Crippen molar-refractivity contribution in [1.82, 2.24) is 4.98 Å². The number of aromatic nitrogens is 1. The molecule has 0 saturated heterocycles. The number of hydrogen-bond donors (Lipinski definition) is 0. The van der Waals surface area contributed by atoms with Crippen LogP contribution in [0, 0.1) is 18.6 Å². The second-order valence-corrected chi connectivity index (χ2v) is 7.53. The molecule has 8 heteroatoms. The molecule has 2 aromatic carbocycles. The van der Waals surface area contributed by atoms with Gasteiger partial charge in [0.2, 0.25) is 0 Å². The normalized spacial score (nSPS) is 11.7. The number of nitrogens with zero attached hydrogens (tertiary/aromatic N) is 1. The highest BCUT2D eigenvalue weighted by Crippen LogP contribution is 2.34. The summed E-state index contributed by atoms with van der Waals surface area (Å²) in [6.45, 7) is 1.62. The smallest absolute Gasteiger partial charge is 0.264 e. The molecule has 1 heterocycles. The van der Waals surface area contributed by atoms with Crippen LogP contribution < -0.4 is 0 Å². The minimum Gasteiger partial charge on any atom is -0.440 e. The third-order valence-corrected chi connectivity index (χ3v) is 4.66. The van der Waals surface area contributed by atoms with Gasteiger partial charge >= 0.3 is 0 Å². The van der Waals surface area contributed by atoms with Crippen molar-refractivity contribution in [1.29, 1.82) is 0 Å². The predicted octanol–water partition coefficient (Wildman–Crippen LogP) is 4.52. The SMILES string of the molecule is Cc1nc(-c2ccc(F)cc2)c(-c2ccc(S(=O)(=O)Cl)c(F)c2)o1. The summed E-state index contributed by atoms with van der Waals surface area (Å²) < 4.78 is 55.2. The summed E-state index contributed by atoms with van der Waals surface area (Å²) >= 11 is 0. The molecule has 24 heavy (non-hydrogen) atoms. The maximum atomic E-state index is 14.1. The van der Waals surface area contributed by atoms with Gasteiger partial charge in [-0.25, -0.2) is 22.2 Å². The molecule has 0 aliphatic heterocycles. The van der Waals surface area contributed by atoms with Crippen LogP contribution in [0.15, 0.2) is 51.8 Å². The van der Waals surface area contributed by atoms with E-state index in [0.29, 0.717) is 17.1 Å². The molecule has 124 valence electrons. The van der Waals surface area contributed by atoms with Crippen LogP contribution >= 0.6 is 10.7 Å². The van der Waals surface area contributed by atoms with Crippen molar-refractivity contribution in [2.75, 3.05) is 0 Å². The number of benzene rings is 2. The van der Waals surface area contributed by atoms with E-state index < -0.39 is 25.6 Å².